The third kappa shape index (κ3) is 5.04. The zero-order valence-corrected chi connectivity index (χ0v) is 15.7. The van der Waals surface area contributed by atoms with Crippen molar-refractivity contribution in [3.05, 3.63) is 70.8 Å². The number of hydrogen-bond acceptors (Lipinski definition) is 1. The van der Waals surface area contributed by atoms with Gasteiger partial charge in [0.15, 0.2) is 11.7 Å². The van der Waals surface area contributed by atoms with Gasteiger partial charge >= 0.3 is 0 Å². The Morgan fingerprint density at radius 2 is 1.41 bits per heavy atom. The first-order valence-corrected chi connectivity index (χ1v) is 9.72. The van der Waals surface area contributed by atoms with Crippen LogP contribution in [0.25, 0.3) is 11.7 Å². The van der Waals surface area contributed by atoms with Crippen LogP contribution in [-0.4, -0.2) is 0 Å². The molecule has 0 amide bonds. The molecule has 3 heteroatoms. The third-order valence-electron chi connectivity index (χ3n) is 5.64. The largest absolute Gasteiger partial charge is 0.203 e. The fourth-order valence-corrected chi connectivity index (χ4v) is 3.75. The van der Waals surface area contributed by atoms with Crippen LogP contribution in [0.4, 0.5) is 8.78 Å². The van der Waals surface area contributed by atoms with Gasteiger partial charge in [-0.2, -0.15) is 5.26 Å². The van der Waals surface area contributed by atoms with E-state index >= 15 is 0 Å². The topological polar surface area (TPSA) is 23.8 Å². The molecule has 0 saturated heterocycles. The lowest BCUT2D eigenvalue weighted by atomic mass is 9.80. The van der Waals surface area contributed by atoms with Crippen LogP contribution in [0.3, 0.4) is 0 Å². The lowest BCUT2D eigenvalue weighted by Gasteiger charge is -2.26. The van der Waals surface area contributed by atoms with Crippen molar-refractivity contribution in [3.63, 3.8) is 0 Å². The highest BCUT2D eigenvalue weighted by molar-refractivity contribution is 5.83. The fraction of sp³-hybridized carbons (Fsp3) is 0.375. The Morgan fingerprint density at radius 1 is 0.889 bits per heavy atom. The van der Waals surface area contributed by atoms with Crippen molar-refractivity contribution < 1.29 is 8.78 Å². The van der Waals surface area contributed by atoms with Crippen LogP contribution in [0.5, 0.6) is 0 Å². The summed E-state index contributed by atoms with van der Waals surface area (Å²) in [5.41, 5.74) is 1.97. The summed E-state index contributed by atoms with van der Waals surface area (Å²) in [6.45, 7) is 2.33. The van der Waals surface area contributed by atoms with Crippen molar-refractivity contribution in [3.8, 4) is 6.07 Å². The van der Waals surface area contributed by atoms with Gasteiger partial charge in [0.1, 0.15) is 0 Å². The molecule has 1 fully saturated rings. The number of rotatable bonds is 5. The lowest BCUT2D eigenvalue weighted by molar-refractivity contribution is 0.278. The molecule has 1 saturated carbocycles. The predicted octanol–water partition coefficient (Wildman–Crippen LogP) is 7.08. The summed E-state index contributed by atoms with van der Waals surface area (Å²) in [4.78, 5) is 0. The molecule has 0 N–H and O–H groups in total. The van der Waals surface area contributed by atoms with E-state index in [0.717, 1.165) is 18.3 Å². The van der Waals surface area contributed by atoms with Gasteiger partial charge in [-0.1, -0.05) is 69.0 Å². The van der Waals surface area contributed by atoms with Gasteiger partial charge in [-0.3, -0.25) is 0 Å². The highest BCUT2D eigenvalue weighted by atomic mass is 19.2. The minimum Gasteiger partial charge on any atom is -0.203 e. The van der Waals surface area contributed by atoms with Crippen LogP contribution < -0.4 is 0 Å². The maximum Gasteiger partial charge on any atom is 0.166 e. The van der Waals surface area contributed by atoms with Crippen LogP contribution in [0, 0.1) is 23.2 Å². The molecule has 0 spiro atoms. The second kappa shape index (κ2) is 8.95. The van der Waals surface area contributed by atoms with Crippen molar-refractivity contribution in [2.75, 3.05) is 0 Å². The summed E-state index contributed by atoms with van der Waals surface area (Å²) in [7, 11) is 0. The lowest BCUT2D eigenvalue weighted by Crippen LogP contribution is -2.12. The van der Waals surface area contributed by atoms with Gasteiger partial charge in [-0.15, -0.1) is 0 Å². The molecule has 140 valence electrons. The molecule has 27 heavy (non-hydrogen) atoms. The average molecular weight is 365 g/mol. The highest BCUT2D eigenvalue weighted by Gasteiger charge is 2.18. The van der Waals surface area contributed by atoms with E-state index in [4.69, 9.17) is 5.26 Å². The van der Waals surface area contributed by atoms with E-state index in [1.807, 2.05) is 18.2 Å². The minimum atomic E-state index is -0.899. The molecule has 2 aromatic carbocycles. The normalized spacial score (nSPS) is 20.7. The molecule has 0 unspecified atom stereocenters. The molecule has 3 rings (SSSR count). The SMILES string of the molecule is CC1CCC(CCc2ccc(C(F)=C(F)c3ccc(C#N)cc3)cc2)CC1. The Morgan fingerprint density at radius 3 is 1.93 bits per heavy atom. The smallest absolute Gasteiger partial charge is 0.166 e. The van der Waals surface area contributed by atoms with Crippen LogP contribution in [-0.2, 0) is 6.42 Å². The summed E-state index contributed by atoms with van der Waals surface area (Å²) < 4.78 is 28.9. The van der Waals surface area contributed by atoms with Gasteiger partial charge in [-0.05, 0) is 42.4 Å². The van der Waals surface area contributed by atoms with Gasteiger partial charge in [-0.25, -0.2) is 8.78 Å². The van der Waals surface area contributed by atoms with Crippen molar-refractivity contribution in [1.82, 2.24) is 0 Å². The van der Waals surface area contributed by atoms with Gasteiger partial charge in [0.25, 0.3) is 0 Å². The van der Waals surface area contributed by atoms with Crippen molar-refractivity contribution in [2.45, 2.75) is 45.4 Å². The summed E-state index contributed by atoms with van der Waals surface area (Å²) >= 11 is 0. The number of halogens is 2. The molecule has 0 atom stereocenters. The van der Waals surface area contributed by atoms with E-state index in [1.54, 1.807) is 12.1 Å². The molecule has 0 aliphatic heterocycles. The first kappa shape index (κ1) is 19.3. The molecular weight excluding hydrogens is 340 g/mol. The van der Waals surface area contributed by atoms with Gasteiger partial charge in [0, 0.05) is 11.1 Å². The zero-order chi connectivity index (χ0) is 19.2. The van der Waals surface area contributed by atoms with E-state index in [9.17, 15) is 8.78 Å². The molecule has 0 heterocycles. The van der Waals surface area contributed by atoms with E-state index in [1.165, 1.54) is 61.9 Å². The molecule has 2 aromatic rings. The second-order valence-electron chi connectivity index (χ2n) is 7.68. The molecule has 0 aromatic heterocycles. The molecule has 1 nitrogen and oxygen atoms in total. The van der Waals surface area contributed by atoms with E-state index in [0.29, 0.717) is 5.56 Å². The molecule has 1 aliphatic rings. The number of benzene rings is 2. The first-order chi connectivity index (χ1) is 13.1. The van der Waals surface area contributed by atoms with Gasteiger partial charge in [0.2, 0.25) is 0 Å². The van der Waals surface area contributed by atoms with E-state index < -0.39 is 11.7 Å². The molecular formula is C24H25F2N. The predicted molar refractivity (Wildman–Crippen MR) is 106 cm³/mol. The number of aryl methyl sites for hydroxylation is 1. The van der Waals surface area contributed by atoms with E-state index in [-0.39, 0.29) is 11.1 Å². The summed E-state index contributed by atoms with van der Waals surface area (Å²) in [6.07, 6.45) is 7.44. The van der Waals surface area contributed by atoms with Crippen LogP contribution in [0.1, 0.15) is 61.3 Å². The number of nitriles is 1. The molecule has 0 bridgehead atoms. The Hall–Kier alpha value is -2.47. The van der Waals surface area contributed by atoms with E-state index in [2.05, 4.69) is 6.92 Å². The molecule has 1 aliphatic carbocycles. The summed E-state index contributed by atoms with van der Waals surface area (Å²) in [5, 5.41) is 8.79. The summed E-state index contributed by atoms with van der Waals surface area (Å²) in [6, 6.07) is 14.9. The Labute approximate surface area is 160 Å². The number of nitrogens with zero attached hydrogens (tertiary/aromatic N) is 1. The van der Waals surface area contributed by atoms with Crippen molar-refractivity contribution in [2.24, 2.45) is 11.8 Å². The maximum atomic E-state index is 14.5. The standard InChI is InChI=1S/C24H25F2N/c1-17-2-4-18(5-3-17)6-7-19-8-12-21(13-9-19)23(25)24(26)22-14-10-20(16-27)11-15-22/h8-15,17-18H,2-7H2,1H3. The van der Waals surface area contributed by atoms with Crippen LogP contribution >= 0.6 is 0 Å². The average Bonchev–Trinajstić information content (AvgIpc) is 2.73. The molecule has 0 radical (unpaired) electrons. The maximum absolute atomic E-state index is 14.5. The fourth-order valence-electron chi connectivity index (χ4n) is 3.75. The Balaban J connectivity index is 1.64. The number of hydrogen-bond donors (Lipinski definition) is 0. The third-order valence-corrected chi connectivity index (χ3v) is 5.64. The summed E-state index contributed by atoms with van der Waals surface area (Å²) in [5.74, 6) is -0.108. The van der Waals surface area contributed by atoms with Crippen molar-refractivity contribution in [1.29, 1.82) is 5.26 Å². The Kier molecular flexibility index (Phi) is 6.40. The van der Waals surface area contributed by atoms with Crippen LogP contribution in [0.2, 0.25) is 0 Å². The first-order valence-electron chi connectivity index (χ1n) is 9.72. The second-order valence-corrected chi connectivity index (χ2v) is 7.68. The highest BCUT2D eigenvalue weighted by Crippen LogP contribution is 2.32. The van der Waals surface area contributed by atoms with Crippen molar-refractivity contribution >= 4 is 11.7 Å². The van der Waals surface area contributed by atoms with Gasteiger partial charge < -0.3 is 0 Å². The minimum absolute atomic E-state index is 0.141. The Bertz CT molecular complexity index is 820. The quantitative estimate of drug-likeness (QED) is 0.519. The monoisotopic (exact) mass is 365 g/mol. The zero-order valence-electron chi connectivity index (χ0n) is 15.7. The van der Waals surface area contributed by atoms with Gasteiger partial charge in [0.05, 0.1) is 11.6 Å². The van der Waals surface area contributed by atoms with Crippen LogP contribution in [0.15, 0.2) is 48.5 Å².